The second kappa shape index (κ2) is 6.84. The van der Waals surface area contributed by atoms with Gasteiger partial charge in [-0.05, 0) is 36.6 Å². The lowest BCUT2D eigenvalue weighted by atomic mass is 10.0. The molecule has 0 radical (unpaired) electrons. The number of aromatic nitrogens is 1. The van der Waals surface area contributed by atoms with Crippen molar-refractivity contribution in [3.8, 4) is 17.0 Å². The van der Waals surface area contributed by atoms with E-state index in [1.165, 1.54) is 5.56 Å². The van der Waals surface area contributed by atoms with Crippen molar-refractivity contribution < 1.29 is 14.3 Å². The third kappa shape index (κ3) is 3.24. The second-order valence-corrected chi connectivity index (χ2v) is 6.71. The van der Waals surface area contributed by atoms with Gasteiger partial charge < -0.3 is 14.8 Å². The van der Waals surface area contributed by atoms with Gasteiger partial charge in [0.1, 0.15) is 11.9 Å². The Labute approximate surface area is 147 Å². The first-order valence-electron chi connectivity index (χ1n) is 8.78. The van der Waals surface area contributed by atoms with Gasteiger partial charge in [-0.25, -0.2) is 0 Å². The van der Waals surface area contributed by atoms with Gasteiger partial charge in [0.15, 0.2) is 0 Å². The Morgan fingerprint density at radius 1 is 1.32 bits per heavy atom. The number of rotatable bonds is 4. The van der Waals surface area contributed by atoms with E-state index in [-0.39, 0.29) is 17.9 Å². The predicted octanol–water partition coefficient (Wildman–Crippen LogP) is 2.51. The van der Waals surface area contributed by atoms with Gasteiger partial charge in [-0.15, -0.1) is 0 Å². The van der Waals surface area contributed by atoms with E-state index < -0.39 is 0 Å². The second-order valence-electron chi connectivity index (χ2n) is 6.71. The van der Waals surface area contributed by atoms with Gasteiger partial charge in [0.25, 0.3) is 0 Å². The summed E-state index contributed by atoms with van der Waals surface area (Å²) < 4.78 is 11.5. The maximum atomic E-state index is 12.2. The first-order valence-corrected chi connectivity index (χ1v) is 8.78. The quantitative estimate of drug-likeness (QED) is 0.930. The predicted molar refractivity (Wildman–Crippen MR) is 94.5 cm³/mol. The molecule has 2 aliphatic rings. The molecule has 2 atom stereocenters. The van der Waals surface area contributed by atoms with Crippen LogP contribution in [0.25, 0.3) is 11.3 Å². The van der Waals surface area contributed by atoms with Crippen LogP contribution in [0.2, 0.25) is 0 Å². The summed E-state index contributed by atoms with van der Waals surface area (Å²) in [5.41, 5.74) is 4.27. The molecule has 0 bridgehead atoms. The molecule has 0 spiro atoms. The number of amides is 1. The number of carbonyl (C=O) groups excluding carboxylic acids is 1. The van der Waals surface area contributed by atoms with E-state index in [2.05, 4.69) is 29.4 Å². The number of carbonyl (C=O) groups is 1. The number of pyridine rings is 1. The highest BCUT2D eigenvalue weighted by molar-refractivity contribution is 5.79. The summed E-state index contributed by atoms with van der Waals surface area (Å²) in [6.07, 6.45) is 3.38. The zero-order valence-electron chi connectivity index (χ0n) is 14.3. The third-order valence-electron chi connectivity index (χ3n) is 4.90. The number of fused-ring (bicyclic) bond motifs is 1. The highest BCUT2D eigenvalue weighted by atomic mass is 16.5. The molecule has 5 nitrogen and oxygen atoms in total. The Morgan fingerprint density at radius 2 is 2.24 bits per heavy atom. The fourth-order valence-electron chi connectivity index (χ4n) is 3.51. The molecule has 0 saturated carbocycles. The Morgan fingerprint density at radius 3 is 3.04 bits per heavy atom. The Hall–Kier alpha value is -2.40. The maximum absolute atomic E-state index is 12.2. The minimum absolute atomic E-state index is 0.0180. The fraction of sp³-hybridized carbons (Fsp3) is 0.400. The van der Waals surface area contributed by atoms with E-state index in [1.54, 1.807) is 6.20 Å². The van der Waals surface area contributed by atoms with Crippen LogP contribution in [0.1, 0.15) is 17.5 Å². The van der Waals surface area contributed by atoms with Crippen LogP contribution in [0.15, 0.2) is 36.5 Å². The number of nitrogens with one attached hydrogen (secondary N) is 1. The van der Waals surface area contributed by atoms with Crippen LogP contribution >= 0.6 is 0 Å². The normalized spacial score (nSPS) is 21.6. The summed E-state index contributed by atoms with van der Waals surface area (Å²) in [5, 5.41) is 3.01. The Balaban J connectivity index is 1.47. The summed E-state index contributed by atoms with van der Waals surface area (Å²) in [6.45, 7) is 3.78. The molecule has 1 fully saturated rings. The number of para-hydroxylation sites is 1. The molecular weight excluding hydrogens is 316 g/mol. The number of aryl methyl sites for hydroxylation is 1. The van der Waals surface area contributed by atoms with Crippen LogP contribution in [0, 0.1) is 12.8 Å². The van der Waals surface area contributed by atoms with Gasteiger partial charge >= 0.3 is 0 Å². The average Bonchev–Trinajstić information content (AvgIpc) is 3.29. The molecule has 25 heavy (non-hydrogen) atoms. The van der Waals surface area contributed by atoms with Crippen LogP contribution in [0.4, 0.5) is 0 Å². The van der Waals surface area contributed by atoms with Gasteiger partial charge in [-0.1, -0.05) is 18.2 Å². The number of benzene rings is 1. The largest absolute Gasteiger partial charge is 0.487 e. The molecule has 1 saturated heterocycles. The van der Waals surface area contributed by atoms with Crippen molar-refractivity contribution in [1.29, 1.82) is 0 Å². The van der Waals surface area contributed by atoms with Gasteiger partial charge in [0, 0.05) is 24.8 Å². The van der Waals surface area contributed by atoms with Crippen LogP contribution in [0.5, 0.6) is 5.75 Å². The Kier molecular flexibility index (Phi) is 4.40. The van der Waals surface area contributed by atoms with Gasteiger partial charge in [-0.2, -0.15) is 0 Å². The van der Waals surface area contributed by atoms with Crippen molar-refractivity contribution in [2.45, 2.75) is 25.9 Å². The number of ether oxygens (including phenoxy) is 2. The lowest BCUT2D eigenvalue weighted by molar-refractivity contribution is -0.125. The molecule has 2 aromatic rings. The third-order valence-corrected chi connectivity index (χ3v) is 4.90. The number of hydrogen-bond donors (Lipinski definition) is 1. The monoisotopic (exact) mass is 338 g/mol. The van der Waals surface area contributed by atoms with Crippen molar-refractivity contribution in [3.05, 3.63) is 47.7 Å². The standard InChI is InChI=1S/C20H22N2O3/c1-13-4-3-8-21-18(13)17-6-2-5-14-10-16(25-19(14)17)11-22-20(23)15-7-9-24-12-15/h2-6,8,15-16H,7,9-12H2,1H3,(H,22,23)/t15-,16-/m1/s1. The summed E-state index contributed by atoms with van der Waals surface area (Å²) >= 11 is 0. The molecule has 1 N–H and O–H groups in total. The number of nitrogens with zero attached hydrogens (tertiary/aromatic N) is 1. The van der Waals surface area contributed by atoms with Gasteiger partial charge in [0.2, 0.25) is 5.91 Å². The summed E-state index contributed by atoms with van der Waals surface area (Å²) in [6, 6.07) is 10.2. The first kappa shape index (κ1) is 16.1. The van der Waals surface area contributed by atoms with Gasteiger partial charge in [0.05, 0.1) is 24.8 Å². The molecule has 1 amide bonds. The minimum atomic E-state index is -0.0357. The van der Waals surface area contributed by atoms with Crippen molar-refractivity contribution in [2.75, 3.05) is 19.8 Å². The van der Waals surface area contributed by atoms with E-state index in [1.807, 2.05) is 18.2 Å². The molecule has 5 heteroatoms. The summed E-state index contributed by atoms with van der Waals surface area (Å²) in [5.74, 6) is 0.945. The van der Waals surface area contributed by atoms with E-state index in [4.69, 9.17) is 9.47 Å². The van der Waals surface area contributed by atoms with Crippen molar-refractivity contribution in [2.24, 2.45) is 5.92 Å². The first-order chi connectivity index (χ1) is 12.2. The molecule has 2 aliphatic heterocycles. The van der Waals surface area contributed by atoms with E-state index in [9.17, 15) is 4.79 Å². The van der Waals surface area contributed by atoms with Crippen LogP contribution in [-0.4, -0.2) is 36.8 Å². The highest BCUT2D eigenvalue weighted by Gasteiger charge is 2.28. The maximum Gasteiger partial charge on any atom is 0.225 e. The topological polar surface area (TPSA) is 60.5 Å². The van der Waals surface area contributed by atoms with Crippen LogP contribution < -0.4 is 10.1 Å². The van der Waals surface area contributed by atoms with Crippen LogP contribution in [0.3, 0.4) is 0 Å². The zero-order chi connectivity index (χ0) is 17.2. The van der Waals surface area contributed by atoms with E-state index >= 15 is 0 Å². The minimum Gasteiger partial charge on any atom is -0.487 e. The molecule has 3 heterocycles. The zero-order valence-corrected chi connectivity index (χ0v) is 14.3. The van der Waals surface area contributed by atoms with Gasteiger partial charge in [-0.3, -0.25) is 9.78 Å². The number of hydrogen-bond acceptors (Lipinski definition) is 4. The Bertz CT molecular complexity index is 784. The summed E-state index contributed by atoms with van der Waals surface area (Å²) in [7, 11) is 0. The smallest absolute Gasteiger partial charge is 0.225 e. The molecule has 0 aliphatic carbocycles. The lowest BCUT2D eigenvalue weighted by Gasteiger charge is -2.15. The van der Waals surface area contributed by atoms with Crippen LogP contribution in [-0.2, 0) is 16.0 Å². The molecule has 4 rings (SSSR count). The fourth-order valence-corrected chi connectivity index (χ4v) is 3.51. The van der Waals surface area contributed by atoms with Crippen molar-refractivity contribution in [3.63, 3.8) is 0 Å². The average molecular weight is 338 g/mol. The van der Waals surface area contributed by atoms with E-state index in [0.29, 0.717) is 19.8 Å². The molecular formula is C20H22N2O3. The molecule has 0 unspecified atom stereocenters. The van der Waals surface area contributed by atoms with Crippen molar-refractivity contribution >= 4 is 5.91 Å². The molecule has 1 aromatic heterocycles. The lowest BCUT2D eigenvalue weighted by Crippen LogP contribution is -2.38. The molecule has 130 valence electrons. The summed E-state index contributed by atoms with van der Waals surface area (Å²) in [4.78, 5) is 16.7. The van der Waals surface area contributed by atoms with E-state index in [0.717, 1.165) is 35.4 Å². The molecule has 1 aromatic carbocycles. The SMILES string of the molecule is Cc1cccnc1-c1cccc2c1O[C@@H](CNC(=O)[C@@H]1CCOC1)C2. The highest BCUT2D eigenvalue weighted by Crippen LogP contribution is 2.38. The van der Waals surface area contributed by atoms with Crippen molar-refractivity contribution in [1.82, 2.24) is 10.3 Å².